The molecule has 0 bridgehead atoms. The van der Waals surface area contributed by atoms with Gasteiger partial charge in [0.15, 0.2) is 0 Å². The summed E-state index contributed by atoms with van der Waals surface area (Å²) in [5.41, 5.74) is 15.0. The number of benzene rings is 10. The number of hydrogen-bond donors (Lipinski definition) is 0. The molecule has 0 saturated carbocycles. The van der Waals surface area contributed by atoms with Crippen LogP contribution in [0.3, 0.4) is 0 Å². The van der Waals surface area contributed by atoms with Gasteiger partial charge in [-0.15, -0.1) is 11.3 Å². The number of hydrogen-bond acceptors (Lipinski definition) is 1. The van der Waals surface area contributed by atoms with E-state index in [1.54, 1.807) is 0 Å². The third-order valence-corrected chi connectivity index (χ3v) is 13.0. The fourth-order valence-electron chi connectivity index (χ4n) is 9.36. The minimum Gasteiger partial charge on any atom is -0.135 e. The first-order valence-electron chi connectivity index (χ1n) is 19.0. The highest BCUT2D eigenvalue weighted by molar-refractivity contribution is 7.25. The Labute approximate surface area is 323 Å². The molecular weight excluding hydrogens is 681 g/mol. The van der Waals surface area contributed by atoms with E-state index in [9.17, 15) is 0 Å². The topological polar surface area (TPSA) is 0 Å². The standard InChI is InChI=1S/C54H32S/c1-3-15-38-36(13-1)40-17-6-8-21-44(40)51-32-35(33-26-28-53-50(29-33)46-22-11-12-24-52(46)55-53)31-48(54(51)47-23-10-9-19-42(38)47)34-25-27-45-41-18-4-2-14-37(41)39-16-5-7-20-43(39)49(45)30-34/h1-32H. The summed E-state index contributed by atoms with van der Waals surface area (Å²) in [6, 6.07) is 72.7. The lowest BCUT2D eigenvalue weighted by atomic mass is 9.77. The average molecular weight is 713 g/mol. The summed E-state index contributed by atoms with van der Waals surface area (Å²) in [6.07, 6.45) is 0. The van der Waals surface area contributed by atoms with Gasteiger partial charge in [0.2, 0.25) is 0 Å². The molecule has 1 heteroatoms. The van der Waals surface area contributed by atoms with E-state index in [2.05, 4.69) is 194 Å². The molecule has 55 heavy (non-hydrogen) atoms. The van der Waals surface area contributed by atoms with E-state index >= 15 is 0 Å². The van der Waals surface area contributed by atoms with Crippen LogP contribution >= 0.6 is 11.3 Å². The number of thiophene rings is 1. The van der Waals surface area contributed by atoms with Gasteiger partial charge >= 0.3 is 0 Å². The highest BCUT2D eigenvalue weighted by Crippen LogP contribution is 2.52. The van der Waals surface area contributed by atoms with Gasteiger partial charge in [-0.05, 0) is 135 Å². The van der Waals surface area contributed by atoms with Crippen LogP contribution in [0.2, 0.25) is 0 Å². The molecule has 0 N–H and O–H groups in total. The molecule has 10 aromatic carbocycles. The maximum Gasteiger partial charge on any atom is 0.0355 e. The normalized spacial score (nSPS) is 12.0. The average Bonchev–Trinajstić information content (AvgIpc) is 3.63. The second-order valence-electron chi connectivity index (χ2n) is 14.7. The molecule has 1 heterocycles. The van der Waals surface area contributed by atoms with E-state index in [0.717, 1.165) is 0 Å². The molecule has 0 spiro atoms. The lowest BCUT2D eigenvalue weighted by Crippen LogP contribution is -1.99. The third-order valence-electron chi connectivity index (χ3n) is 11.8. The van der Waals surface area contributed by atoms with Gasteiger partial charge in [-0.1, -0.05) is 158 Å². The summed E-state index contributed by atoms with van der Waals surface area (Å²) in [5, 5.41) is 10.4. The summed E-state index contributed by atoms with van der Waals surface area (Å²) >= 11 is 1.87. The SMILES string of the molecule is c1ccc2c(c1)-c1ccccc1-c1cc(-c3ccc4sc5ccccc5c4c3)cc(-c3ccc4c5ccccc5c5ccccc5c4c3)c1-c1ccccc1-2. The molecule has 254 valence electrons. The molecule has 1 aromatic heterocycles. The van der Waals surface area contributed by atoms with Crippen LogP contribution < -0.4 is 0 Å². The number of rotatable bonds is 2. The maximum absolute atomic E-state index is 2.46. The van der Waals surface area contributed by atoms with Crippen LogP contribution in [-0.4, -0.2) is 0 Å². The zero-order valence-corrected chi connectivity index (χ0v) is 30.7. The quantitative estimate of drug-likeness (QED) is 0.157. The Kier molecular flexibility index (Phi) is 6.60. The fraction of sp³-hybridized carbons (Fsp3) is 0. The van der Waals surface area contributed by atoms with E-state index in [4.69, 9.17) is 0 Å². The van der Waals surface area contributed by atoms with E-state index < -0.39 is 0 Å². The predicted octanol–water partition coefficient (Wildman–Crippen LogP) is 15.8. The Morgan fingerprint density at radius 2 is 0.636 bits per heavy atom. The van der Waals surface area contributed by atoms with Crippen molar-refractivity contribution in [3.05, 3.63) is 194 Å². The van der Waals surface area contributed by atoms with E-state index in [0.29, 0.717) is 0 Å². The molecule has 1 aliphatic carbocycles. The van der Waals surface area contributed by atoms with E-state index in [1.165, 1.54) is 119 Å². The van der Waals surface area contributed by atoms with Crippen LogP contribution in [0.4, 0.5) is 0 Å². The van der Waals surface area contributed by atoms with Crippen LogP contribution in [0.1, 0.15) is 0 Å². The summed E-state index contributed by atoms with van der Waals surface area (Å²) < 4.78 is 2.65. The fourth-order valence-corrected chi connectivity index (χ4v) is 10.4. The van der Waals surface area contributed by atoms with Crippen molar-refractivity contribution in [2.45, 2.75) is 0 Å². The van der Waals surface area contributed by atoms with Crippen LogP contribution in [0, 0.1) is 0 Å². The van der Waals surface area contributed by atoms with Crippen LogP contribution in [-0.2, 0) is 0 Å². The summed E-state index contributed by atoms with van der Waals surface area (Å²) in [7, 11) is 0. The molecular formula is C54H32S. The molecule has 0 nitrogen and oxygen atoms in total. The van der Waals surface area contributed by atoms with Crippen molar-refractivity contribution in [1.29, 1.82) is 0 Å². The number of fused-ring (bicyclic) bond motifs is 17. The highest BCUT2D eigenvalue weighted by atomic mass is 32.1. The van der Waals surface area contributed by atoms with Crippen molar-refractivity contribution in [2.75, 3.05) is 0 Å². The molecule has 0 atom stereocenters. The van der Waals surface area contributed by atoms with E-state index in [-0.39, 0.29) is 0 Å². The van der Waals surface area contributed by atoms with Crippen molar-refractivity contribution < 1.29 is 0 Å². The molecule has 0 saturated heterocycles. The van der Waals surface area contributed by atoms with Crippen molar-refractivity contribution >= 4 is 63.8 Å². The van der Waals surface area contributed by atoms with Gasteiger partial charge in [0.05, 0.1) is 0 Å². The largest absolute Gasteiger partial charge is 0.135 e. The maximum atomic E-state index is 2.46. The van der Waals surface area contributed by atoms with Gasteiger partial charge in [-0.25, -0.2) is 0 Å². The second kappa shape index (κ2) is 11.9. The predicted molar refractivity (Wildman–Crippen MR) is 238 cm³/mol. The molecule has 12 rings (SSSR count). The zero-order chi connectivity index (χ0) is 36.0. The van der Waals surface area contributed by atoms with Crippen molar-refractivity contribution in [2.24, 2.45) is 0 Å². The van der Waals surface area contributed by atoms with Gasteiger partial charge in [0, 0.05) is 20.2 Å². The summed E-state index contributed by atoms with van der Waals surface area (Å²) in [5.74, 6) is 0. The first-order valence-corrected chi connectivity index (χ1v) is 19.8. The highest BCUT2D eigenvalue weighted by Gasteiger charge is 2.25. The first-order chi connectivity index (χ1) is 27.3. The van der Waals surface area contributed by atoms with Gasteiger partial charge < -0.3 is 0 Å². The summed E-state index contributed by atoms with van der Waals surface area (Å²) in [6.45, 7) is 0. The zero-order valence-electron chi connectivity index (χ0n) is 29.9. The second-order valence-corrected chi connectivity index (χ2v) is 15.8. The van der Waals surface area contributed by atoms with E-state index in [1.807, 2.05) is 11.3 Å². The van der Waals surface area contributed by atoms with Crippen molar-refractivity contribution in [3.8, 4) is 66.8 Å². The molecule has 0 fully saturated rings. The Morgan fingerprint density at radius 1 is 0.218 bits per heavy atom. The summed E-state index contributed by atoms with van der Waals surface area (Å²) in [4.78, 5) is 0. The first kappa shape index (κ1) is 30.6. The molecule has 0 amide bonds. The van der Waals surface area contributed by atoms with Crippen molar-refractivity contribution in [3.63, 3.8) is 0 Å². The third kappa shape index (κ3) is 4.57. The lowest BCUT2D eigenvalue weighted by molar-refractivity contribution is 1.51. The minimum atomic E-state index is 1.22. The van der Waals surface area contributed by atoms with Crippen LogP contribution in [0.25, 0.3) is 119 Å². The molecule has 1 aliphatic rings. The Balaban J connectivity index is 1.23. The molecule has 11 aromatic rings. The molecule has 0 unspecified atom stereocenters. The van der Waals surface area contributed by atoms with Crippen molar-refractivity contribution in [1.82, 2.24) is 0 Å². The van der Waals surface area contributed by atoms with Crippen LogP contribution in [0.15, 0.2) is 194 Å². The Bertz CT molecular complexity index is 3340. The molecule has 0 radical (unpaired) electrons. The molecule has 0 aliphatic heterocycles. The van der Waals surface area contributed by atoms with Gasteiger partial charge in [-0.3, -0.25) is 0 Å². The Hall–Kier alpha value is -6.80. The van der Waals surface area contributed by atoms with Gasteiger partial charge in [0.1, 0.15) is 0 Å². The van der Waals surface area contributed by atoms with Gasteiger partial charge in [-0.2, -0.15) is 0 Å². The van der Waals surface area contributed by atoms with Gasteiger partial charge in [0.25, 0.3) is 0 Å². The monoisotopic (exact) mass is 712 g/mol. The minimum absolute atomic E-state index is 1.22. The smallest absolute Gasteiger partial charge is 0.0355 e. The lowest BCUT2D eigenvalue weighted by Gasteiger charge is -2.26. The Morgan fingerprint density at radius 3 is 1.27 bits per heavy atom. The van der Waals surface area contributed by atoms with Crippen LogP contribution in [0.5, 0.6) is 0 Å².